The summed E-state index contributed by atoms with van der Waals surface area (Å²) in [6, 6.07) is 18.9. The van der Waals surface area contributed by atoms with Crippen LogP contribution in [0.3, 0.4) is 0 Å². The third-order valence-corrected chi connectivity index (χ3v) is 5.37. The molecule has 0 aromatic heterocycles. The second-order valence-corrected chi connectivity index (χ2v) is 8.12. The molecule has 0 heterocycles. The summed E-state index contributed by atoms with van der Waals surface area (Å²) >= 11 is 0. The second kappa shape index (κ2) is 11.2. The fraction of sp³-hybridized carbons (Fsp3) is 0.207. The number of rotatable bonds is 9. The highest BCUT2D eigenvalue weighted by Crippen LogP contribution is 2.30. The number of hydrogen-bond acceptors (Lipinski definition) is 4. The lowest BCUT2D eigenvalue weighted by atomic mass is 9.97. The maximum atomic E-state index is 12.9. The first kappa shape index (κ1) is 23.9. The summed E-state index contributed by atoms with van der Waals surface area (Å²) in [5, 5.41) is 10.8. The van der Waals surface area contributed by atoms with Gasteiger partial charge in [-0.2, -0.15) is 0 Å². The van der Waals surface area contributed by atoms with Crippen LogP contribution in [-0.2, 0) is 13.0 Å². The smallest absolute Gasteiger partial charge is 0.189 e. The zero-order valence-corrected chi connectivity index (χ0v) is 19.6. The van der Waals surface area contributed by atoms with Crippen LogP contribution in [0.5, 0.6) is 17.2 Å². The normalized spacial score (nSPS) is 10.8. The van der Waals surface area contributed by atoms with Crippen LogP contribution in [0.2, 0.25) is 0 Å². The average Bonchev–Trinajstić information content (AvgIpc) is 2.81. The largest absolute Gasteiger partial charge is 0.507 e. The quantitative estimate of drug-likeness (QED) is 0.228. The molecule has 0 saturated heterocycles. The summed E-state index contributed by atoms with van der Waals surface area (Å²) < 4.78 is 11.3. The second-order valence-electron chi connectivity index (χ2n) is 8.12. The number of aryl methyl sites for hydroxylation is 1. The van der Waals surface area contributed by atoms with Crippen molar-refractivity contribution < 1.29 is 19.4 Å². The molecular formula is C29H30O4. The van der Waals surface area contributed by atoms with Crippen molar-refractivity contribution in [1.29, 1.82) is 0 Å². The minimum absolute atomic E-state index is 0.0393. The van der Waals surface area contributed by atoms with E-state index >= 15 is 0 Å². The molecular weight excluding hydrogens is 412 g/mol. The van der Waals surface area contributed by atoms with Crippen LogP contribution in [0.15, 0.2) is 78.4 Å². The summed E-state index contributed by atoms with van der Waals surface area (Å²) in [5.74, 6) is 1.05. The first-order valence-electron chi connectivity index (χ1n) is 10.9. The van der Waals surface area contributed by atoms with Crippen LogP contribution >= 0.6 is 0 Å². The molecule has 0 saturated carbocycles. The van der Waals surface area contributed by atoms with E-state index in [9.17, 15) is 9.90 Å². The van der Waals surface area contributed by atoms with E-state index < -0.39 is 0 Å². The predicted octanol–water partition coefficient (Wildman–Crippen LogP) is 6.69. The molecule has 0 atom stereocenters. The highest BCUT2D eigenvalue weighted by atomic mass is 16.5. The molecule has 0 amide bonds. The number of ether oxygens (including phenoxy) is 2. The van der Waals surface area contributed by atoms with Crippen molar-refractivity contribution in [1.82, 2.24) is 0 Å². The Bertz CT molecular complexity index is 1170. The van der Waals surface area contributed by atoms with Gasteiger partial charge in [-0.3, -0.25) is 4.79 Å². The highest BCUT2D eigenvalue weighted by molar-refractivity contribution is 6.09. The molecule has 4 nitrogen and oxygen atoms in total. The minimum atomic E-state index is -0.268. The fourth-order valence-corrected chi connectivity index (χ4v) is 3.39. The lowest BCUT2D eigenvalue weighted by Crippen LogP contribution is -2.00. The van der Waals surface area contributed by atoms with E-state index in [2.05, 4.69) is 0 Å². The monoisotopic (exact) mass is 442 g/mol. The number of carbonyl (C=O) groups is 1. The Labute approximate surface area is 195 Å². The number of aromatic hydroxyl groups is 1. The third-order valence-electron chi connectivity index (χ3n) is 5.37. The Morgan fingerprint density at radius 2 is 1.79 bits per heavy atom. The van der Waals surface area contributed by atoms with E-state index in [4.69, 9.17) is 9.47 Å². The summed E-state index contributed by atoms with van der Waals surface area (Å²) in [6.45, 7) is 6.35. The van der Waals surface area contributed by atoms with Gasteiger partial charge in [0.25, 0.3) is 0 Å². The van der Waals surface area contributed by atoms with E-state index in [1.807, 2.05) is 75.4 Å². The molecule has 33 heavy (non-hydrogen) atoms. The Morgan fingerprint density at radius 1 is 1.03 bits per heavy atom. The van der Waals surface area contributed by atoms with E-state index in [0.717, 1.165) is 27.8 Å². The van der Waals surface area contributed by atoms with E-state index in [0.29, 0.717) is 24.5 Å². The molecule has 1 N–H and O–H groups in total. The molecule has 0 aliphatic heterocycles. The van der Waals surface area contributed by atoms with Gasteiger partial charge in [0.15, 0.2) is 5.78 Å². The van der Waals surface area contributed by atoms with Crippen LogP contribution in [0, 0.1) is 6.92 Å². The van der Waals surface area contributed by atoms with Crippen molar-refractivity contribution in [2.24, 2.45) is 0 Å². The van der Waals surface area contributed by atoms with Gasteiger partial charge in [-0.05, 0) is 68.7 Å². The molecule has 3 aromatic carbocycles. The molecule has 3 aromatic rings. The number of benzene rings is 3. The van der Waals surface area contributed by atoms with Crippen molar-refractivity contribution in [2.45, 2.75) is 33.8 Å². The van der Waals surface area contributed by atoms with Gasteiger partial charge in [0.2, 0.25) is 0 Å². The molecule has 0 aliphatic carbocycles. The summed E-state index contributed by atoms with van der Waals surface area (Å²) in [5.41, 5.74) is 4.96. The van der Waals surface area contributed by atoms with Gasteiger partial charge in [0, 0.05) is 17.2 Å². The first-order valence-corrected chi connectivity index (χ1v) is 10.9. The average molecular weight is 443 g/mol. The molecule has 3 rings (SSSR count). The van der Waals surface area contributed by atoms with Gasteiger partial charge in [-0.15, -0.1) is 0 Å². The summed E-state index contributed by atoms with van der Waals surface area (Å²) in [7, 11) is 1.60. The molecule has 0 spiro atoms. The van der Waals surface area contributed by atoms with Crippen LogP contribution in [0.4, 0.5) is 0 Å². The maximum absolute atomic E-state index is 12.9. The molecule has 0 fully saturated rings. The van der Waals surface area contributed by atoms with Crippen molar-refractivity contribution in [2.75, 3.05) is 7.11 Å². The predicted molar refractivity (Wildman–Crippen MR) is 133 cm³/mol. The Hall–Kier alpha value is -3.79. The zero-order chi connectivity index (χ0) is 23.8. The summed E-state index contributed by atoms with van der Waals surface area (Å²) in [4.78, 5) is 12.9. The van der Waals surface area contributed by atoms with Gasteiger partial charge in [-0.25, -0.2) is 0 Å². The number of allylic oxidation sites excluding steroid dienone is 3. The fourth-order valence-electron chi connectivity index (χ4n) is 3.39. The van der Waals surface area contributed by atoms with Crippen molar-refractivity contribution >= 4 is 11.9 Å². The molecule has 0 radical (unpaired) electrons. The van der Waals surface area contributed by atoms with Crippen LogP contribution in [0.25, 0.3) is 6.08 Å². The maximum Gasteiger partial charge on any atom is 0.189 e. The summed E-state index contributed by atoms with van der Waals surface area (Å²) in [6.07, 6.45) is 5.80. The number of phenolic OH excluding ortho intramolecular Hbond substituents is 1. The van der Waals surface area contributed by atoms with Gasteiger partial charge < -0.3 is 14.6 Å². The number of ketones is 1. The van der Waals surface area contributed by atoms with E-state index in [1.165, 1.54) is 6.08 Å². The van der Waals surface area contributed by atoms with Crippen molar-refractivity contribution in [3.8, 4) is 17.2 Å². The Balaban J connectivity index is 1.85. The molecule has 170 valence electrons. The highest BCUT2D eigenvalue weighted by Gasteiger charge is 2.14. The Morgan fingerprint density at radius 3 is 2.48 bits per heavy atom. The number of hydrogen-bond donors (Lipinski definition) is 1. The van der Waals surface area contributed by atoms with E-state index in [1.54, 1.807) is 25.3 Å². The number of phenols is 1. The van der Waals surface area contributed by atoms with Crippen LogP contribution in [0.1, 0.15) is 46.5 Å². The van der Waals surface area contributed by atoms with Crippen molar-refractivity contribution in [3.63, 3.8) is 0 Å². The van der Waals surface area contributed by atoms with Gasteiger partial charge >= 0.3 is 0 Å². The van der Waals surface area contributed by atoms with Gasteiger partial charge in [-0.1, -0.05) is 48.0 Å². The lowest BCUT2D eigenvalue weighted by Gasteiger charge is -2.12. The number of methoxy groups -OCH3 is 1. The number of carbonyl (C=O) groups excluding carboxylic acids is 1. The Kier molecular flexibility index (Phi) is 8.09. The SMILES string of the molecule is COc1ccc(/C=C/C(=O)c2ccc(C)c(CC=C(C)C)c2O)c(OCc2ccccc2)c1. The molecule has 0 bridgehead atoms. The molecule has 4 heteroatoms. The van der Waals surface area contributed by atoms with E-state index in [-0.39, 0.29) is 17.1 Å². The van der Waals surface area contributed by atoms with Gasteiger partial charge in [0.05, 0.1) is 12.7 Å². The first-order chi connectivity index (χ1) is 15.9. The van der Waals surface area contributed by atoms with Crippen LogP contribution < -0.4 is 9.47 Å². The standard InChI is InChI=1S/C29H30O4/c1-20(2)10-15-25-21(3)11-16-26(29(25)31)27(30)17-13-23-12-14-24(32-4)18-28(23)33-19-22-8-6-5-7-9-22/h5-14,16-18,31H,15,19H2,1-4H3/b17-13+. The third kappa shape index (κ3) is 6.36. The molecule has 0 aliphatic rings. The minimum Gasteiger partial charge on any atom is -0.507 e. The lowest BCUT2D eigenvalue weighted by molar-refractivity contribution is 0.104. The molecule has 0 unspecified atom stereocenters. The van der Waals surface area contributed by atoms with Crippen LogP contribution in [-0.4, -0.2) is 18.0 Å². The van der Waals surface area contributed by atoms with Crippen molar-refractivity contribution in [3.05, 3.63) is 106 Å². The van der Waals surface area contributed by atoms with Gasteiger partial charge in [0.1, 0.15) is 23.9 Å². The topological polar surface area (TPSA) is 55.8 Å². The zero-order valence-electron chi connectivity index (χ0n) is 19.6.